The molecule has 26 heavy (non-hydrogen) atoms. The van der Waals surface area contributed by atoms with Gasteiger partial charge in [-0.15, -0.1) is 0 Å². The number of nitrogens with zero attached hydrogens (tertiary/aromatic N) is 3. The summed E-state index contributed by atoms with van der Waals surface area (Å²) in [6.45, 7) is 0. The van der Waals surface area contributed by atoms with Crippen LogP contribution in [-0.2, 0) is 24.1 Å². The Labute approximate surface area is 152 Å². The van der Waals surface area contributed by atoms with Crippen molar-refractivity contribution in [2.45, 2.75) is 50.6 Å². The maximum Gasteiger partial charge on any atom is 0.253 e. The van der Waals surface area contributed by atoms with Crippen molar-refractivity contribution in [2.75, 3.05) is 7.05 Å². The number of rotatable bonds is 6. The van der Waals surface area contributed by atoms with Crippen molar-refractivity contribution < 1.29 is 9.59 Å². The smallest absolute Gasteiger partial charge is 0.253 e. The van der Waals surface area contributed by atoms with Crippen molar-refractivity contribution in [1.82, 2.24) is 25.4 Å². The lowest BCUT2D eigenvalue weighted by Gasteiger charge is -2.41. The molecule has 0 unspecified atom stereocenters. The number of carbonyl (C=O) groups excluding carboxylic acids is 2. The molecule has 0 atom stereocenters. The van der Waals surface area contributed by atoms with Gasteiger partial charge in [0.15, 0.2) is 0 Å². The summed E-state index contributed by atoms with van der Waals surface area (Å²) in [6.07, 6.45) is 6.20. The number of benzene rings is 1. The highest BCUT2D eigenvalue weighted by atomic mass is 16.2. The second-order valence-electron chi connectivity index (χ2n) is 7.22. The third kappa shape index (κ3) is 3.34. The molecule has 1 saturated carbocycles. The lowest BCUT2D eigenvalue weighted by Crippen LogP contribution is -2.54. The van der Waals surface area contributed by atoms with Gasteiger partial charge in [-0.25, -0.2) is 4.98 Å². The zero-order valence-corrected chi connectivity index (χ0v) is 14.9. The Bertz CT molecular complexity index is 811. The lowest BCUT2D eigenvalue weighted by molar-refractivity contribution is -0.122. The fourth-order valence-corrected chi connectivity index (χ4v) is 3.60. The molecule has 0 bridgehead atoms. The van der Waals surface area contributed by atoms with E-state index < -0.39 is 0 Å². The molecule has 4 rings (SSSR count). The van der Waals surface area contributed by atoms with Gasteiger partial charge in [-0.1, -0.05) is 6.07 Å². The van der Waals surface area contributed by atoms with Crippen LogP contribution in [0.3, 0.4) is 0 Å². The molecular formula is C19H23N5O2. The van der Waals surface area contributed by atoms with Crippen LogP contribution in [0.25, 0.3) is 0 Å². The summed E-state index contributed by atoms with van der Waals surface area (Å²) in [4.78, 5) is 30.5. The van der Waals surface area contributed by atoms with Gasteiger partial charge in [-0.2, -0.15) is 5.10 Å². The number of hydrogen-bond acceptors (Lipinski definition) is 4. The van der Waals surface area contributed by atoms with E-state index in [9.17, 15) is 9.59 Å². The van der Waals surface area contributed by atoms with E-state index in [1.807, 2.05) is 24.1 Å². The quantitative estimate of drug-likeness (QED) is 0.818. The summed E-state index contributed by atoms with van der Waals surface area (Å²) < 4.78 is 0. The van der Waals surface area contributed by atoms with E-state index in [4.69, 9.17) is 0 Å². The second-order valence-corrected chi connectivity index (χ2v) is 7.22. The number of fused-ring (bicyclic) bond motifs is 1. The largest absolute Gasteiger partial charge is 0.353 e. The predicted molar refractivity (Wildman–Crippen MR) is 95.6 cm³/mol. The highest BCUT2D eigenvalue weighted by molar-refractivity contribution is 5.94. The van der Waals surface area contributed by atoms with Crippen LogP contribution in [0.2, 0.25) is 0 Å². The van der Waals surface area contributed by atoms with Gasteiger partial charge in [0, 0.05) is 37.5 Å². The monoisotopic (exact) mass is 353 g/mol. The Morgan fingerprint density at radius 2 is 2.08 bits per heavy atom. The van der Waals surface area contributed by atoms with E-state index in [1.165, 1.54) is 17.5 Å². The van der Waals surface area contributed by atoms with Crippen LogP contribution in [0.5, 0.6) is 0 Å². The first-order valence-corrected chi connectivity index (χ1v) is 9.12. The minimum atomic E-state index is 0.0150. The molecule has 2 N–H and O–H groups in total. The number of carbonyl (C=O) groups is 2. The van der Waals surface area contributed by atoms with Gasteiger partial charge in [0.1, 0.15) is 12.2 Å². The molecule has 0 aliphatic heterocycles. The minimum absolute atomic E-state index is 0.0150. The maximum absolute atomic E-state index is 12.7. The molecule has 1 aromatic carbocycles. The Morgan fingerprint density at radius 3 is 2.73 bits per heavy atom. The number of aromatic amines is 1. The standard InChI is InChI=1S/C19H23N5O2/c1-24(19(26)14-5-3-12-2-4-13(12)8-14)16-9-15(10-16)22-18(25)7-6-17-20-11-21-23-17/h3,5,8,11,15-16H,2,4,6-7,9-10H2,1H3,(H,22,25)(H,20,21,23). The van der Waals surface area contributed by atoms with Crippen LogP contribution in [0.15, 0.2) is 24.5 Å². The average molecular weight is 353 g/mol. The Balaban J connectivity index is 1.22. The molecule has 1 heterocycles. The van der Waals surface area contributed by atoms with E-state index in [1.54, 1.807) is 0 Å². The van der Waals surface area contributed by atoms with E-state index in [-0.39, 0.29) is 23.9 Å². The average Bonchev–Trinajstić information content (AvgIpc) is 3.09. The predicted octanol–water partition coefficient (Wildman–Crippen LogP) is 1.26. The number of aromatic nitrogens is 3. The molecule has 7 heteroatoms. The van der Waals surface area contributed by atoms with Crippen LogP contribution in [0.1, 0.15) is 46.6 Å². The van der Waals surface area contributed by atoms with Gasteiger partial charge < -0.3 is 10.2 Å². The van der Waals surface area contributed by atoms with Crippen LogP contribution in [-0.4, -0.2) is 51.0 Å². The normalized spacial score (nSPS) is 20.5. The van der Waals surface area contributed by atoms with E-state index in [0.717, 1.165) is 37.1 Å². The van der Waals surface area contributed by atoms with Crippen molar-refractivity contribution in [2.24, 2.45) is 0 Å². The molecule has 1 aromatic heterocycles. The molecule has 1 fully saturated rings. The second kappa shape index (κ2) is 6.90. The zero-order valence-electron chi connectivity index (χ0n) is 14.9. The molecule has 0 radical (unpaired) electrons. The molecule has 2 aliphatic rings. The van der Waals surface area contributed by atoms with Gasteiger partial charge in [-0.05, 0) is 48.9 Å². The molecular weight excluding hydrogens is 330 g/mol. The van der Waals surface area contributed by atoms with E-state index >= 15 is 0 Å². The van der Waals surface area contributed by atoms with Crippen LogP contribution < -0.4 is 5.32 Å². The SMILES string of the molecule is CN(C(=O)c1ccc2c(c1)CC2)C1CC(NC(=O)CCc2ncn[nH]2)C1. The topological polar surface area (TPSA) is 91.0 Å². The summed E-state index contributed by atoms with van der Waals surface area (Å²) in [5.74, 6) is 0.802. The number of hydrogen-bond donors (Lipinski definition) is 2. The van der Waals surface area contributed by atoms with Gasteiger partial charge in [0.05, 0.1) is 0 Å². The zero-order chi connectivity index (χ0) is 18.1. The Morgan fingerprint density at radius 1 is 1.27 bits per heavy atom. The highest BCUT2D eigenvalue weighted by Crippen LogP contribution is 2.28. The maximum atomic E-state index is 12.7. The number of aryl methyl sites for hydroxylation is 3. The summed E-state index contributed by atoms with van der Waals surface area (Å²) in [7, 11) is 1.86. The van der Waals surface area contributed by atoms with Crippen molar-refractivity contribution in [3.63, 3.8) is 0 Å². The summed E-state index contributed by atoms with van der Waals surface area (Å²) in [6, 6.07) is 6.36. The Hall–Kier alpha value is -2.70. The van der Waals surface area contributed by atoms with Crippen molar-refractivity contribution in [3.8, 4) is 0 Å². The summed E-state index contributed by atoms with van der Waals surface area (Å²) >= 11 is 0. The van der Waals surface area contributed by atoms with Gasteiger partial charge in [-0.3, -0.25) is 14.7 Å². The third-order valence-electron chi connectivity index (χ3n) is 5.52. The van der Waals surface area contributed by atoms with Crippen molar-refractivity contribution in [1.29, 1.82) is 0 Å². The van der Waals surface area contributed by atoms with Crippen molar-refractivity contribution in [3.05, 3.63) is 47.0 Å². The molecule has 2 aliphatic carbocycles. The van der Waals surface area contributed by atoms with E-state index in [0.29, 0.717) is 12.8 Å². The molecule has 2 amide bonds. The number of H-pyrrole nitrogens is 1. The van der Waals surface area contributed by atoms with Crippen molar-refractivity contribution >= 4 is 11.8 Å². The van der Waals surface area contributed by atoms with Crippen LogP contribution in [0.4, 0.5) is 0 Å². The van der Waals surface area contributed by atoms with Gasteiger partial charge >= 0.3 is 0 Å². The van der Waals surface area contributed by atoms with E-state index in [2.05, 4.69) is 26.6 Å². The first kappa shape index (κ1) is 16.8. The number of nitrogens with one attached hydrogen (secondary N) is 2. The fourth-order valence-electron chi connectivity index (χ4n) is 3.60. The third-order valence-corrected chi connectivity index (χ3v) is 5.52. The summed E-state index contributed by atoms with van der Waals surface area (Å²) in [5.41, 5.74) is 3.43. The lowest BCUT2D eigenvalue weighted by atomic mass is 9.84. The molecule has 0 spiro atoms. The highest BCUT2D eigenvalue weighted by Gasteiger charge is 2.35. The molecule has 7 nitrogen and oxygen atoms in total. The minimum Gasteiger partial charge on any atom is -0.353 e. The van der Waals surface area contributed by atoms with Gasteiger partial charge in [0.2, 0.25) is 5.91 Å². The van der Waals surface area contributed by atoms with Gasteiger partial charge in [0.25, 0.3) is 5.91 Å². The first-order chi connectivity index (χ1) is 12.6. The Kier molecular flexibility index (Phi) is 4.44. The van der Waals surface area contributed by atoms with Crippen LogP contribution in [0, 0.1) is 0 Å². The fraction of sp³-hybridized carbons (Fsp3) is 0.474. The molecule has 136 valence electrons. The van der Waals surface area contributed by atoms with Crippen LogP contribution >= 0.6 is 0 Å². The molecule has 0 saturated heterocycles. The first-order valence-electron chi connectivity index (χ1n) is 9.12. The number of amides is 2. The molecule has 2 aromatic rings. The summed E-state index contributed by atoms with van der Waals surface area (Å²) in [5, 5.41) is 9.55.